The van der Waals surface area contributed by atoms with Crippen LogP contribution in [0.5, 0.6) is 0 Å². The zero-order valence-electron chi connectivity index (χ0n) is 36.7. The van der Waals surface area contributed by atoms with Gasteiger partial charge in [-0.2, -0.15) is 0 Å². The molecule has 4 N–H and O–H groups in total. The number of amides is 6. The number of likely N-dealkylation sites (tertiary alicyclic amines) is 1. The van der Waals surface area contributed by atoms with Crippen LogP contribution < -0.4 is 21.3 Å². The van der Waals surface area contributed by atoms with E-state index in [-0.39, 0.29) is 43.5 Å². The molecule has 4 aliphatic rings. The van der Waals surface area contributed by atoms with E-state index in [0.29, 0.717) is 32.2 Å². The summed E-state index contributed by atoms with van der Waals surface area (Å²) in [6.45, 7) is 13.7. The first-order valence-corrected chi connectivity index (χ1v) is 22.2. The second-order valence-corrected chi connectivity index (χ2v) is 18.3. The second kappa shape index (κ2) is 19.7. The van der Waals surface area contributed by atoms with Crippen molar-refractivity contribution in [1.82, 2.24) is 45.9 Å². The lowest BCUT2D eigenvalue weighted by atomic mass is 9.82. The summed E-state index contributed by atoms with van der Waals surface area (Å²) in [6, 6.07) is 3.78. The fourth-order valence-corrected chi connectivity index (χ4v) is 9.81. The van der Waals surface area contributed by atoms with Crippen molar-refractivity contribution in [3.05, 3.63) is 72.8 Å². The minimum Gasteiger partial charge on any atom is -0.344 e. The van der Waals surface area contributed by atoms with Gasteiger partial charge < -0.3 is 31.1 Å². The molecule has 3 saturated heterocycles. The van der Waals surface area contributed by atoms with E-state index >= 15 is 4.79 Å². The molecule has 1 saturated carbocycles. The van der Waals surface area contributed by atoms with E-state index in [2.05, 4.69) is 42.7 Å². The third-order valence-corrected chi connectivity index (χ3v) is 13.0. The maximum atomic E-state index is 15.3. The number of carbonyl (C=O) groups is 7. The lowest BCUT2D eigenvalue weighted by Gasteiger charge is -2.40. The number of rotatable bonds is 16. The molecule has 62 heavy (non-hydrogen) atoms. The van der Waals surface area contributed by atoms with Gasteiger partial charge in [0, 0.05) is 31.9 Å². The number of aromatic nitrogens is 2. The largest absolute Gasteiger partial charge is 0.344 e. The predicted octanol–water partition coefficient (Wildman–Crippen LogP) is 3.21. The molecule has 1 aromatic carbocycles. The van der Waals surface area contributed by atoms with Crippen molar-refractivity contribution in [3.8, 4) is 0 Å². The molecule has 3 aliphatic heterocycles. The van der Waals surface area contributed by atoms with Crippen LogP contribution in [0.25, 0.3) is 0 Å². The Balaban J connectivity index is 1.31. The average molecular weight is 854 g/mol. The topological polar surface area (TPSA) is 203 Å². The fraction of sp³-hybridized carbons (Fsp3) is 0.587. The zero-order valence-corrected chi connectivity index (χ0v) is 36.7. The molecule has 16 heteroatoms. The number of ketones is 1. The highest BCUT2D eigenvalue weighted by Gasteiger charge is 2.64. The van der Waals surface area contributed by atoms with Gasteiger partial charge in [-0.3, -0.25) is 43.4 Å². The quantitative estimate of drug-likeness (QED) is 0.144. The number of carbonyl (C=O) groups excluding carboxylic acids is 7. The number of nitrogens with zero attached hydrogens (tertiary/aromatic N) is 5. The van der Waals surface area contributed by atoms with Gasteiger partial charge in [-0.1, -0.05) is 89.8 Å². The number of Topliss-reactive ketones (excluding diaryl/α,β-unsaturated/α-hetero) is 1. The fourth-order valence-electron chi connectivity index (χ4n) is 9.81. The summed E-state index contributed by atoms with van der Waals surface area (Å²) in [5, 5.41) is 11.5. The maximum Gasteiger partial charge on any atom is 0.290 e. The first kappa shape index (κ1) is 46.0. The van der Waals surface area contributed by atoms with Crippen LogP contribution in [0, 0.1) is 11.3 Å². The van der Waals surface area contributed by atoms with E-state index < -0.39 is 82.6 Å². The van der Waals surface area contributed by atoms with Crippen LogP contribution in [0.3, 0.4) is 0 Å². The molecule has 4 fully saturated rings. The molecule has 4 heterocycles. The Morgan fingerprint density at radius 1 is 0.952 bits per heavy atom. The minimum absolute atomic E-state index is 0.0363. The third-order valence-electron chi connectivity index (χ3n) is 13.0. The van der Waals surface area contributed by atoms with Crippen molar-refractivity contribution in [1.29, 1.82) is 0 Å². The SMILES string of the molecule is C=CCN1C(=O)[C@H]2CCCN2C12C[C@@H](C(=O)NC(CCC)C(=O)C(=O)N[C@@H](C)c1ccccc1)N(C(=O)[C@@H](NC(=O)[C@@H](NC(=O)c1cnccn1)C1CCCCC1)C(C)(C)C)C2. The van der Waals surface area contributed by atoms with Crippen molar-refractivity contribution in [3.63, 3.8) is 0 Å². The van der Waals surface area contributed by atoms with Crippen LogP contribution in [0.1, 0.15) is 121 Å². The molecule has 0 bridgehead atoms. The van der Waals surface area contributed by atoms with Gasteiger partial charge in [0.2, 0.25) is 29.4 Å². The summed E-state index contributed by atoms with van der Waals surface area (Å²) in [4.78, 5) is 113. The van der Waals surface area contributed by atoms with Gasteiger partial charge in [-0.15, -0.1) is 6.58 Å². The Labute approximate surface area is 364 Å². The number of hydrogen-bond acceptors (Lipinski definition) is 10. The molecule has 7 atom stereocenters. The summed E-state index contributed by atoms with van der Waals surface area (Å²) in [7, 11) is 0. The van der Waals surface area contributed by atoms with Gasteiger partial charge in [-0.25, -0.2) is 4.98 Å². The van der Waals surface area contributed by atoms with Crippen LogP contribution in [0.15, 0.2) is 61.6 Å². The van der Waals surface area contributed by atoms with Crippen molar-refractivity contribution in [2.75, 3.05) is 19.6 Å². The van der Waals surface area contributed by atoms with Crippen LogP contribution in [0.4, 0.5) is 0 Å². The van der Waals surface area contributed by atoms with E-state index in [9.17, 15) is 28.8 Å². The molecule has 16 nitrogen and oxygen atoms in total. The van der Waals surface area contributed by atoms with Crippen LogP contribution in [-0.2, 0) is 28.8 Å². The Morgan fingerprint density at radius 3 is 2.32 bits per heavy atom. The van der Waals surface area contributed by atoms with Gasteiger partial charge in [-0.05, 0) is 55.9 Å². The summed E-state index contributed by atoms with van der Waals surface area (Å²) >= 11 is 0. The zero-order chi connectivity index (χ0) is 44.8. The molecule has 2 aromatic rings. The smallest absolute Gasteiger partial charge is 0.290 e. The van der Waals surface area contributed by atoms with E-state index in [4.69, 9.17) is 0 Å². The standard InChI is InChI=1S/C46H63N9O7/c1-7-16-32(37(56)42(60)49-29(3)30-17-11-9-12-18-30)50-40(58)35-26-46(54-25-15-21-34(54)43(61)55(46)24-8-2)28-53(35)44(62)38(45(4,5)6)52-41(59)36(31-19-13-10-14-20-31)51-39(57)33-27-47-22-23-48-33/h8-9,11-12,17-18,22-23,27,29,31-32,34-36,38H,2,7,10,13-16,19-21,24-26,28H2,1,3-6H3,(H,49,60)(H,50,58)(H,51,57)(H,52,59)/t29-,32?,34+,35-,36-,38+,46?/m0/s1. The summed E-state index contributed by atoms with van der Waals surface area (Å²) in [5.74, 6) is -4.24. The molecule has 2 unspecified atom stereocenters. The Bertz CT molecular complexity index is 1990. The van der Waals surface area contributed by atoms with E-state index in [1.165, 1.54) is 23.5 Å². The van der Waals surface area contributed by atoms with Gasteiger partial charge in [0.1, 0.15) is 29.5 Å². The molecule has 0 radical (unpaired) electrons. The molecular formula is C46H63N9O7. The third kappa shape index (κ3) is 9.74. The van der Waals surface area contributed by atoms with Crippen molar-refractivity contribution >= 4 is 41.2 Å². The van der Waals surface area contributed by atoms with E-state index in [1.807, 2.05) is 58.0 Å². The summed E-state index contributed by atoms with van der Waals surface area (Å²) in [6.07, 6.45) is 12.1. The molecule has 1 aliphatic carbocycles. The molecular weight excluding hydrogens is 791 g/mol. The Hall–Kier alpha value is -5.51. The maximum absolute atomic E-state index is 15.3. The van der Waals surface area contributed by atoms with Crippen LogP contribution in [0.2, 0.25) is 0 Å². The van der Waals surface area contributed by atoms with Gasteiger partial charge in [0.25, 0.3) is 11.8 Å². The molecule has 6 amide bonds. The van der Waals surface area contributed by atoms with Crippen molar-refractivity contribution < 1.29 is 33.6 Å². The highest BCUT2D eigenvalue weighted by molar-refractivity contribution is 6.38. The number of hydrogen-bond donors (Lipinski definition) is 4. The second-order valence-electron chi connectivity index (χ2n) is 18.3. The van der Waals surface area contributed by atoms with Gasteiger partial charge >= 0.3 is 0 Å². The molecule has 6 rings (SSSR count). The first-order chi connectivity index (χ1) is 29.6. The molecule has 1 aromatic heterocycles. The monoisotopic (exact) mass is 853 g/mol. The highest BCUT2D eigenvalue weighted by atomic mass is 16.2. The first-order valence-electron chi connectivity index (χ1n) is 22.2. The van der Waals surface area contributed by atoms with Crippen molar-refractivity contribution in [2.45, 2.75) is 141 Å². The average Bonchev–Trinajstić information content (AvgIpc) is 3.98. The highest BCUT2D eigenvalue weighted by Crippen LogP contribution is 2.46. The van der Waals surface area contributed by atoms with Crippen LogP contribution >= 0.6 is 0 Å². The van der Waals surface area contributed by atoms with E-state index in [1.54, 1.807) is 17.9 Å². The predicted molar refractivity (Wildman–Crippen MR) is 231 cm³/mol. The van der Waals surface area contributed by atoms with Crippen molar-refractivity contribution in [2.24, 2.45) is 11.3 Å². The lowest BCUT2D eigenvalue weighted by Crippen LogP contribution is -2.62. The summed E-state index contributed by atoms with van der Waals surface area (Å²) in [5.41, 5.74) is -1.10. The lowest BCUT2D eigenvalue weighted by molar-refractivity contribution is -0.145. The van der Waals surface area contributed by atoms with E-state index in [0.717, 1.165) is 31.2 Å². The Kier molecular flexibility index (Phi) is 14.6. The van der Waals surface area contributed by atoms with Gasteiger partial charge in [0.15, 0.2) is 0 Å². The number of benzene rings is 1. The normalized spacial score (nSPS) is 23.5. The number of nitrogens with one attached hydrogen (secondary N) is 4. The minimum atomic E-state index is -1.19. The van der Waals surface area contributed by atoms with Crippen LogP contribution in [-0.4, -0.2) is 121 Å². The summed E-state index contributed by atoms with van der Waals surface area (Å²) < 4.78 is 0. The molecule has 334 valence electrons. The number of fused-ring (bicyclic) bond motifs is 2. The molecule has 1 spiro atoms. The Morgan fingerprint density at radius 2 is 1.68 bits per heavy atom. The van der Waals surface area contributed by atoms with Gasteiger partial charge in [0.05, 0.1) is 30.9 Å².